The number of halogens is 1. The van der Waals surface area contributed by atoms with Crippen LogP contribution in [0.5, 0.6) is 0 Å². The molecular weight excluding hydrogens is 384 g/mol. The smallest absolute Gasteiger partial charge is 0.325 e. The van der Waals surface area contributed by atoms with E-state index in [4.69, 9.17) is 16.3 Å². The van der Waals surface area contributed by atoms with Crippen molar-refractivity contribution in [1.82, 2.24) is 4.57 Å². The van der Waals surface area contributed by atoms with Gasteiger partial charge in [0.15, 0.2) is 4.80 Å². The standard InChI is InChI=1S/C20H19ClN2O3S/c1-12-4-5-14(13(2)8-12)9-18(24)22-20-23(11-19(25)26-3)16-7-6-15(21)10-17(16)27-20/h4-8,10H,9,11H2,1-3H3. The highest BCUT2D eigenvalue weighted by molar-refractivity contribution is 7.16. The lowest BCUT2D eigenvalue weighted by atomic mass is 10.0. The largest absolute Gasteiger partial charge is 0.468 e. The van der Waals surface area contributed by atoms with Crippen molar-refractivity contribution < 1.29 is 14.3 Å². The number of carbonyl (C=O) groups excluding carboxylic acids is 2. The number of ether oxygens (including phenoxy) is 1. The molecule has 5 nitrogen and oxygen atoms in total. The number of nitrogens with zero attached hydrogens (tertiary/aromatic N) is 2. The molecule has 1 aromatic heterocycles. The van der Waals surface area contributed by atoms with Crippen LogP contribution in [-0.2, 0) is 27.3 Å². The summed E-state index contributed by atoms with van der Waals surface area (Å²) in [7, 11) is 1.33. The molecule has 7 heteroatoms. The minimum absolute atomic E-state index is 0.0200. The molecular formula is C20H19ClN2O3S. The maximum absolute atomic E-state index is 12.6. The second kappa shape index (κ2) is 8.06. The summed E-state index contributed by atoms with van der Waals surface area (Å²) in [5, 5.41) is 0.585. The molecule has 1 amide bonds. The van der Waals surface area contributed by atoms with Crippen LogP contribution in [0.4, 0.5) is 0 Å². The van der Waals surface area contributed by atoms with E-state index in [2.05, 4.69) is 4.99 Å². The average molecular weight is 403 g/mol. The van der Waals surface area contributed by atoms with Gasteiger partial charge in [0.1, 0.15) is 6.54 Å². The number of fused-ring (bicyclic) bond motifs is 1. The number of thiazole rings is 1. The number of esters is 1. The molecule has 27 heavy (non-hydrogen) atoms. The number of methoxy groups -OCH3 is 1. The van der Waals surface area contributed by atoms with Crippen LogP contribution in [0.25, 0.3) is 10.2 Å². The van der Waals surface area contributed by atoms with E-state index in [0.717, 1.165) is 26.9 Å². The van der Waals surface area contributed by atoms with Gasteiger partial charge in [0.2, 0.25) is 0 Å². The van der Waals surface area contributed by atoms with Gasteiger partial charge >= 0.3 is 5.97 Å². The number of carbonyl (C=O) groups is 2. The monoisotopic (exact) mass is 402 g/mol. The van der Waals surface area contributed by atoms with Crippen LogP contribution in [0.1, 0.15) is 16.7 Å². The molecule has 140 valence electrons. The van der Waals surface area contributed by atoms with Gasteiger partial charge in [-0.25, -0.2) is 0 Å². The zero-order chi connectivity index (χ0) is 19.6. The molecule has 3 aromatic rings. The third-order valence-corrected chi connectivity index (χ3v) is 5.50. The average Bonchev–Trinajstić information content (AvgIpc) is 2.93. The van der Waals surface area contributed by atoms with Crippen molar-refractivity contribution in [3.8, 4) is 0 Å². The molecule has 0 unspecified atom stereocenters. The molecule has 3 rings (SSSR count). The van der Waals surface area contributed by atoms with E-state index in [1.807, 2.05) is 38.1 Å². The quantitative estimate of drug-likeness (QED) is 0.623. The fourth-order valence-corrected chi connectivity index (χ4v) is 4.15. The van der Waals surface area contributed by atoms with E-state index in [-0.39, 0.29) is 18.9 Å². The van der Waals surface area contributed by atoms with Gasteiger partial charge in [0.05, 0.1) is 23.7 Å². The number of hydrogen-bond acceptors (Lipinski definition) is 4. The zero-order valence-corrected chi connectivity index (χ0v) is 16.9. The fourth-order valence-electron chi connectivity index (χ4n) is 2.83. The Labute approximate surface area is 165 Å². The molecule has 1 heterocycles. The fraction of sp³-hybridized carbons (Fsp3) is 0.250. The van der Waals surface area contributed by atoms with Crippen molar-refractivity contribution in [3.05, 3.63) is 62.9 Å². The Hall–Kier alpha value is -2.44. The van der Waals surface area contributed by atoms with Crippen LogP contribution >= 0.6 is 22.9 Å². The normalized spacial score (nSPS) is 11.8. The Morgan fingerprint density at radius 2 is 1.96 bits per heavy atom. The first-order chi connectivity index (χ1) is 12.9. The van der Waals surface area contributed by atoms with Crippen LogP contribution < -0.4 is 4.80 Å². The summed E-state index contributed by atoms with van der Waals surface area (Å²) in [5.74, 6) is -0.675. The van der Waals surface area contributed by atoms with Gasteiger partial charge in [-0.15, -0.1) is 0 Å². The predicted molar refractivity (Wildman–Crippen MR) is 107 cm³/mol. The lowest BCUT2D eigenvalue weighted by Gasteiger charge is -2.05. The second-order valence-electron chi connectivity index (χ2n) is 6.27. The SMILES string of the molecule is COC(=O)Cn1c(=NC(=O)Cc2ccc(C)cc2C)sc2cc(Cl)ccc21. The minimum Gasteiger partial charge on any atom is -0.468 e. The van der Waals surface area contributed by atoms with Crippen molar-refractivity contribution in [2.45, 2.75) is 26.8 Å². The van der Waals surface area contributed by atoms with Crippen molar-refractivity contribution in [3.63, 3.8) is 0 Å². The molecule has 0 aliphatic rings. The Morgan fingerprint density at radius 1 is 1.19 bits per heavy atom. The minimum atomic E-state index is -0.409. The van der Waals surface area contributed by atoms with Gasteiger partial charge in [-0.1, -0.05) is 46.7 Å². The molecule has 0 aliphatic carbocycles. The molecule has 0 saturated heterocycles. The molecule has 0 atom stereocenters. The topological polar surface area (TPSA) is 60.7 Å². The maximum atomic E-state index is 12.6. The molecule has 0 spiro atoms. The number of amides is 1. The van der Waals surface area contributed by atoms with Crippen molar-refractivity contribution in [2.75, 3.05) is 7.11 Å². The van der Waals surface area contributed by atoms with Crippen molar-refractivity contribution >= 4 is 45.0 Å². The first-order valence-electron chi connectivity index (χ1n) is 8.37. The second-order valence-corrected chi connectivity index (χ2v) is 7.72. The van der Waals surface area contributed by atoms with Gasteiger partial charge in [-0.2, -0.15) is 4.99 Å². The number of hydrogen-bond donors (Lipinski definition) is 0. The van der Waals surface area contributed by atoms with Crippen molar-refractivity contribution in [2.24, 2.45) is 4.99 Å². The van der Waals surface area contributed by atoms with Crippen molar-refractivity contribution in [1.29, 1.82) is 0 Å². The summed E-state index contributed by atoms with van der Waals surface area (Å²) in [6.45, 7) is 3.98. The Kier molecular flexibility index (Phi) is 5.77. The summed E-state index contributed by atoms with van der Waals surface area (Å²) in [5.41, 5.74) is 3.94. The van der Waals surface area contributed by atoms with E-state index < -0.39 is 5.97 Å². The predicted octanol–water partition coefficient (Wildman–Crippen LogP) is 3.82. The van der Waals surface area contributed by atoms with Crippen LogP contribution in [0.15, 0.2) is 41.4 Å². The third kappa shape index (κ3) is 4.46. The van der Waals surface area contributed by atoms with Crippen LogP contribution in [0.2, 0.25) is 5.02 Å². The molecule has 0 N–H and O–H groups in total. The highest BCUT2D eigenvalue weighted by atomic mass is 35.5. The van der Waals surface area contributed by atoms with Gasteiger partial charge in [-0.05, 0) is 43.2 Å². The lowest BCUT2D eigenvalue weighted by molar-refractivity contribution is -0.141. The molecule has 0 saturated carbocycles. The Balaban J connectivity index is 2.01. The van der Waals surface area contributed by atoms with Gasteiger partial charge in [-0.3, -0.25) is 9.59 Å². The molecule has 0 aliphatic heterocycles. The van der Waals surface area contributed by atoms with Gasteiger partial charge in [0, 0.05) is 5.02 Å². The van der Waals surface area contributed by atoms with Crippen LogP contribution in [0.3, 0.4) is 0 Å². The van der Waals surface area contributed by atoms with E-state index in [1.165, 1.54) is 18.4 Å². The summed E-state index contributed by atoms with van der Waals surface area (Å²) >= 11 is 7.38. The Morgan fingerprint density at radius 3 is 2.67 bits per heavy atom. The third-order valence-electron chi connectivity index (χ3n) is 4.22. The summed E-state index contributed by atoms with van der Waals surface area (Å²) < 4.78 is 7.30. The highest BCUT2D eigenvalue weighted by Crippen LogP contribution is 2.22. The summed E-state index contributed by atoms with van der Waals surface area (Å²) in [6, 6.07) is 11.3. The van der Waals surface area contributed by atoms with Crippen LogP contribution in [-0.4, -0.2) is 23.6 Å². The lowest BCUT2D eigenvalue weighted by Crippen LogP contribution is -2.22. The summed E-state index contributed by atoms with van der Waals surface area (Å²) in [4.78, 5) is 29.1. The number of benzene rings is 2. The van der Waals surface area contributed by atoms with Crippen LogP contribution in [0, 0.1) is 13.8 Å². The molecule has 2 aromatic carbocycles. The summed E-state index contributed by atoms with van der Waals surface area (Å²) in [6.07, 6.45) is 0.208. The zero-order valence-electron chi connectivity index (χ0n) is 15.3. The molecule has 0 radical (unpaired) electrons. The first-order valence-corrected chi connectivity index (χ1v) is 9.56. The molecule has 0 fully saturated rings. The number of rotatable bonds is 4. The van der Waals surface area contributed by atoms with Gasteiger partial charge < -0.3 is 9.30 Å². The highest BCUT2D eigenvalue weighted by Gasteiger charge is 2.13. The Bertz CT molecular complexity index is 1100. The van der Waals surface area contributed by atoms with E-state index in [1.54, 1.807) is 16.7 Å². The van der Waals surface area contributed by atoms with Gasteiger partial charge in [0.25, 0.3) is 5.91 Å². The maximum Gasteiger partial charge on any atom is 0.325 e. The number of aryl methyl sites for hydroxylation is 2. The van der Waals surface area contributed by atoms with E-state index in [0.29, 0.717) is 9.82 Å². The van der Waals surface area contributed by atoms with E-state index >= 15 is 0 Å². The molecule has 0 bridgehead atoms. The first kappa shape index (κ1) is 19.3. The number of aromatic nitrogens is 1. The van der Waals surface area contributed by atoms with E-state index in [9.17, 15) is 9.59 Å².